The van der Waals surface area contributed by atoms with Gasteiger partial charge >= 0.3 is 0 Å². The average molecular weight is 305 g/mol. The van der Waals surface area contributed by atoms with E-state index in [0.29, 0.717) is 11.8 Å². The van der Waals surface area contributed by atoms with Gasteiger partial charge in [0.05, 0.1) is 23.5 Å². The number of hydrogen-bond donors (Lipinski definition) is 0. The molecule has 0 saturated carbocycles. The van der Waals surface area contributed by atoms with E-state index in [9.17, 15) is 0 Å². The summed E-state index contributed by atoms with van der Waals surface area (Å²) in [5, 5.41) is 0. The van der Waals surface area contributed by atoms with E-state index in [0.717, 1.165) is 10.7 Å². The van der Waals surface area contributed by atoms with E-state index in [2.05, 4.69) is 54.4 Å². The van der Waals surface area contributed by atoms with Gasteiger partial charge in [0.2, 0.25) is 0 Å². The summed E-state index contributed by atoms with van der Waals surface area (Å²) in [6.07, 6.45) is 1.87. The summed E-state index contributed by atoms with van der Waals surface area (Å²) in [6, 6.07) is 8.81. The molecule has 0 bridgehead atoms. The molecule has 0 fully saturated rings. The summed E-state index contributed by atoms with van der Waals surface area (Å²) in [5.41, 5.74) is 4.85. The molecule has 0 saturated heterocycles. The monoisotopic (exact) mass is 304 g/mol. The first-order chi connectivity index (χ1) is 9.61. The number of fused-ring (bicyclic) bond motifs is 1. The lowest BCUT2D eigenvalue weighted by molar-refractivity contribution is 0.867. The van der Waals surface area contributed by atoms with E-state index in [-0.39, 0.29) is 0 Å². The Morgan fingerprint density at radius 2 is 1.95 bits per heavy atom. The second kappa shape index (κ2) is 5.23. The topological polar surface area (TPSA) is 17.3 Å². The second-order valence-electron chi connectivity index (χ2n) is 5.28. The molecule has 1 aromatic carbocycles. The maximum Gasteiger partial charge on any atom is 0.194 e. The molecule has 104 valence electrons. The number of aryl methyl sites for hydroxylation is 1. The number of aromatic nitrogens is 2. The lowest BCUT2D eigenvalue weighted by Gasteiger charge is -2.08. The molecule has 2 aromatic heterocycles. The van der Waals surface area contributed by atoms with Crippen LogP contribution in [0.2, 0.25) is 0 Å². The van der Waals surface area contributed by atoms with Crippen LogP contribution in [-0.4, -0.2) is 9.38 Å². The first-order valence-electron chi connectivity index (χ1n) is 6.74. The van der Waals surface area contributed by atoms with Gasteiger partial charge in [-0.3, -0.25) is 4.40 Å². The van der Waals surface area contributed by atoms with Gasteiger partial charge in [-0.2, -0.15) is 0 Å². The molecule has 20 heavy (non-hydrogen) atoms. The maximum absolute atomic E-state index is 6.03. The van der Waals surface area contributed by atoms with Gasteiger partial charge < -0.3 is 0 Å². The van der Waals surface area contributed by atoms with Crippen molar-refractivity contribution in [1.29, 1.82) is 0 Å². The first kappa shape index (κ1) is 13.7. The zero-order valence-corrected chi connectivity index (χ0v) is 13.4. The molecular weight excluding hydrogens is 288 g/mol. The fourth-order valence-corrected chi connectivity index (χ4v) is 3.65. The molecule has 0 amide bonds. The van der Waals surface area contributed by atoms with Crippen molar-refractivity contribution in [1.82, 2.24) is 9.38 Å². The van der Waals surface area contributed by atoms with Crippen molar-refractivity contribution in [3.8, 4) is 11.3 Å². The zero-order valence-electron chi connectivity index (χ0n) is 11.9. The first-order valence-corrected chi connectivity index (χ1v) is 8.09. The van der Waals surface area contributed by atoms with E-state index in [4.69, 9.17) is 11.6 Å². The van der Waals surface area contributed by atoms with Gasteiger partial charge in [-0.25, -0.2) is 4.98 Å². The third-order valence-corrected chi connectivity index (χ3v) is 4.84. The van der Waals surface area contributed by atoms with Crippen LogP contribution in [0.15, 0.2) is 30.5 Å². The highest BCUT2D eigenvalue weighted by molar-refractivity contribution is 7.17. The van der Waals surface area contributed by atoms with Gasteiger partial charge in [0.1, 0.15) is 0 Å². The predicted octanol–water partition coefficient (Wildman–Crippen LogP) is 5.23. The summed E-state index contributed by atoms with van der Waals surface area (Å²) in [6.45, 7) is 6.57. The second-order valence-corrected chi connectivity index (χ2v) is 6.73. The van der Waals surface area contributed by atoms with Gasteiger partial charge in [-0.05, 0) is 24.0 Å². The normalized spacial score (nSPS) is 11.7. The van der Waals surface area contributed by atoms with Gasteiger partial charge in [0, 0.05) is 4.88 Å². The van der Waals surface area contributed by atoms with E-state index in [1.165, 1.54) is 21.7 Å². The summed E-state index contributed by atoms with van der Waals surface area (Å²) >= 11 is 7.74. The highest BCUT2D eigenvalue weighted by Gasteiger charge is 2.15. The largest absolute Gasteiger partial charge is 0.286 e. The molecule has 0 aliphatic rings. The number of hydrogen-bond acceptors (Lipinski definition) is 2. The molecule has 0 aliphatic carbocycles. The molecule has 2 heterocycles. The summed E-state index contributed by atoms with van der Waals surface area (Å²) in [7, 11) is 0. The summed E-state index contributed by atoms with van der Waals surface area (Å²) < 4.78 is 2.18. The van der Waals surface area contributed by atoms with E-state index in [1.54, 1.807) is 11.3 Å². The van der Waals surface area contributed by atoms with Crippen LogP contribution in [0.1, 0.15) is 35.9 Å². The highest BCUT2D eigenvalue weighted by Crippen LogP contribution is 2.33. The molecule has 0 N–H and O–H groups in total. The number of rotatable bonds is 3. The molecule has 0 unspecified atom stereocenters. The number of thiazole rings is 1. The Morgan fingerprint density at radius 3 is 2.55 bits per heavy atom. The van der Waals surface area contributed by atoms with Gasteiger partial charge in [-0.1, -0.05) is 38.1 Å². The maximum atomic E-state index is 6.03. The zero-order chi connectivity index (χ0) is 14.3. The Bertz CT molecular complexity index is 738. The fraction of sp³-hybridized carbons (Fsp3) is 0.312. The molecule has 0 spiro atoms. The van der Waals surface area contributed by atoms with Crippen molar-refractivity contribution >= 4 is 27.9 Å². The van der Waals surface area contributed by atoms with Crippen molar-refractivity contribution in [3.05, 3.63) is 46.6 Å². The molecule has 0 radical (unpaired) electrons. The van der Waals surface area contributed by atoms with Crippen LogP contribution in [0.4, 0.5) is 0 Å². The Balaban J connectivity index is 2.17. The standard InChI is InChI=1S/C16H17ClN2S/c1-10(2)12-4-6-13(7-5-12)15-11(3)20-16-18-9-14(8-17)19(15)16/h4-7,9-10H,8H2,1-3H3. The number of imidazole rings is 1. The number of alkyl halides is 1. The average Bonchev–Trinajstić information content (AvgIpc) is 2.96. The SMILES string of the molecule is Cc1sc2ncc(CCl)n2c1-c1ccc(C(C)C)cc1. The van der Waals surface area contributed by atoms with Crippen LogP contribution in [0, 0.1) is 6.92 Å². The van der Waals surface area contributed by atoms with Crippen LogP contribution in [0.25, 0.3) is 16.2 Å². The number of benzene rings is 1. The quantitative estimate of drug-likeness (QED) is 0.605. The summed E-state index contributed by atoms with van der Waals surface area (Å²) in [4.78, 5) is 6.73. The third-order valence-electron chi connectivity index (χ3n) is 3.59. The van der Waals surface area contributed by atoms with Crippen LogP contribution < -0.4 is 0 Å². The van der Waals surface area contributed by atoms with Crippen LogP contribution in [0.5, 0.6) is 0 Å². The Morgan fingerprint density at radius 1 is 1.25 bits per heavy atom. The van der Waals surface area contributed by atoms with Crippen molar-refractivity contribution < 1.29 is 0 Å². The van der Waals surface area contributed by atoms with E-state index in [1.807, 2.05) is 6.20 Å². The number of nitrogens with zero attached hydrogens (tertiary/aromatic N) is 2. The molecular formula is C16H17ClN2S. The van der Waals surface area contributed by atoms with Gasteiger partial charge in [0.15, 0.2) is 4.96 Å². The molecule has 4 heteroatoms. The lowest BCUT2D eigenvalue weighted by atomic mass is 10.0. The molecule has 0 aliphatic heterocycles. The highest BCUT2D eigenvalue weighted by atomic mass is 35.5. The Labute approximate surface area is 128 Å². The van der Waals surface area contributed by atoms with Crippen molar-refractivity contribution in [3.63, 3.8) is 0 Å². The molecule has 3 aromatic rings. The minimum absolute atomic E-state index is 0.481. The minimum Gasteiger partial charge on any atom is -0.286 e. The summed E-state index contributed by atoms with van der Waals surface area (Å²) in [5.74, 6) is 1.04. The Hall–Kier alpha value is -1.32. The predicted molar refractivity (Wildman–Crippen MR) is 86.9 cm³/mol. The Kier molecular flexibility index (Phi) is 3.57. The smallest absolute Gasteiger partial charge is 0.194 e. The fourth-order valence-electron chi connectivity index (χ4n) is 2.47. The van der Waals surface area contributed by atoms with E-state index >= 15 is 0 Å². The molecule has 3 rings (SSSR count). The molecule has 2 nitrogen and oxygen atoms in total. The van der Waals surface area contributed by atoms with Crippen molar-refractivity contribution in [2.75, 3.05) is 0 Å². The van der Waals surface area contributed by atoms with Crippen LogP contribution in [0.3, 0.4) is 0 Å². The minimum atomic E-state index is 0.481. The lowest BCUT2D eigenvalue weighted by Crippen LogP contribution is -1.93. The van der Waals surface area contributed by atoms with Crippen LogP contribution >= 0.6 is 22.9 Å². The van der Waals surface area contributed by atoms with Crippen molar-refractivity contribution in [2.24, 2.45) is 0 Å². The van der Waals surface area contributed by atoms with Gasteiger partial charge in [-0.15, -0.1) is 22.9 Å². The number of halogens is 1. The van der Waals surface area contributed by atoms with Crippen LogP contribution in [-0.2, 0) is 5.88 Å². The molecule has 0 atom stereocenters. The van der Waals surface area contributed by atoms with E-state index < -0.39 is 0 Å². The third kappa shape index (κ3) is 2.15. The van der Waals surface area contributed by atoms with Crippen molar-refractivity contribution in [2.45, 2.75) is 32.6 Å². The van der Waals surface area contributed by atoms with Gasteiger partial charge in [0.25, 0.3) is 0 Å².